The molecule has 70 valence electrons. The van der Waals surface area contributed by atoms with E-state index in [-0.39, 0.29) is 11.8 Å². The van der Waals surface area contributed by atoms with Crippen LogP contribution in [0.1, 0.15) is 18.9 Å². The average molecular weight is 177 g/mol. The molecule has 0 bridgehead atoms. The molecule has 2 nitrogen and oxygen atoms in total. The van der Waals surface area contributed by atoms with Gasteiger partial charge in [0.15, 0.2) is 0 Å². The van der Waals surface area contributed by atoms with Gasteiger partial charge in [-0.1, -0.05) is 37.3 Å². The minimum absolute atomic E-state index is 0.0276. The lowest BCUT2D eigenvalue weighted by Gasteiger charge is -2.06. The molecule has 1 aromatic rings. The summed E-state index contributed by atoms with van der Waals surface area (Å²) in [7, 11) is 0. The molecular formula is C11H15NO. The minimum Gasteiger partial charge on any atom is -0.369 e. The molecule has 0 radical (unpaired) electrons. The molecule has 0 aliphatic carbocycles. The van der Waals surface area contributed by atoms with Crippen molar-refractivity contribution in [1.82, 2.24) is 0 Å². The lowest BCUT2D eigenvalue weighted by molar-refractivity contribution is -0.121. The van der Waals surface area contributed by atoms with Crippen molar-refractivity contribution < 1.29 is 4.79 Å². The van der Waals surface area contributed by atoms with Gasteiger partial charge in [-0.25, -0.2) is 0 Å². The highest BCUT2D eigenvalue weighted by Crippen LogP contribution is 2.08. The molecular weight excluding hydrogens is 162 g/mol. The predicted molar refractivity (Wildman–Crippen MR) is 53.1 cm³/mol. The van der Waals surface area contributed by atoms with Crippen LogP contribution in [0.2, 0.25) is 0 Å². The summed E-state index contributed by atoms with van der Waals surface area (Å²) in [6, 6.07) is 10.1. The topological polar surface area (TPSA) is 43.1 Å². The normalized spacial score (nSPS) is 12.4. The van der Waals surface area contributed by atoms with Crippen LogP contribution >= 0.6 is 0 Å². The first kappa shape index (κ1) is 9.78. The van der Waals surface area contributed by atoms with Gasteiger partial charge in [0.25, 0.3) is 0 Å². The summed E-state index contributed by atoms with van der Waals surface area (Å²) in [6.07, 6.45) is 1.75. The molecule has 0 heterocycles. The van der Waals surface area contributed by atoms with Crippen molar-refractivity contribution in [2.75, 3.05) is 0 Å². The second-order valence-corrected chi connectivity index (χ2v) is 3.33. The maximum Gasteiger partial charge on any atom is 0.220 e. The monoisotopic (exact) mass is 177 g/mol. The SMILES string of the molecule is C[C@H](CCc1ccccc1)C(N)=O. The molecule has 13 heavy (non-hydrogen) atoms. The minimum atomic E-state index is -0.212. The van der Waals surface area contributed by atoms with Crippen LogP contribution in [0, 0.1) is 5.92 Å². The summed E-state index contributed by atoms with van der Waals surface area (Å²) in [4.78, 5) is 10.7. The number of aryl methyl sites for hydroxylation is 1. The Morgan fingerprint density at radius 2 is 2.00 bits per heavy atom. The lowest BCUT2D eigenvalue weighted by atomic mass is 10.0. The van der Waals surface area contributed by atoms with Crippen LogP contribution in [0.15, 0.2) is 30.3 Å². The standard InChI is InChI=1S/C11H15NO/c1-9(11(12)13)7-8-10-5-3-2-4-6-10/h2-6,9H,7-8H2,1H3,(H2,12,13)/t9-/m1/s1. The Hall–Kier alpha value is -1.31. The number of rotatable bonds is 4. The Kier molecular flexibility index (Phi) is 3.50. The first-order chi connectivity index (χ1) is 6.20. The van der Waals surface area contributed by atoms with Crippen molar-refractivity contribution in [3.63, 3.8) is 0 Å². The van der Waals surface area contributed by atoms with Gasteiger partial charge in [0.1, 0.15) is 0 Å². The van der Waals surface area contributed by atoms with E-state index < -0.39 is 0 Å². The molecule has 1 amide bonds. The summed E-state index contributed by atoms with van der Waals surface area (Å²) in [5.41, 5.74) is 6.42. The maximum atomic E-state index is 10.7. The number of carbonyl (C=O) groups excluding carboxylic acids is 1. The second-order valence-electron chi connectivity index (χ2n) is 3.33. The van der Waals surface area contributed by atoms with Crippen molar-refractivity contribution in [3.05, 3.63) is 35.9 Å². The molecule has 1 atom stereocenters. The van der Waals surface area contributed by atoms with E-state index in [1.54, 1.807) is 0 Å². The molecule has 0 aliphatic rings. The van der Waals surface area contributed by atoms with Gasteiger partial charge in [0.05, 0.1) is 0 Å². The molecule has 1 rings (SSSR count). The highest BCUT2D eigenvalue weighted by Gasteiger charge is 2.07. The van der Waals surface area contributed by atoms with E-state index in [1.165, 1.54) is 5.56 Å². The number of hydrogen-bond acceptors (Lipinski definition) is 1. The fraction of sp³-hybridized carbons (Fsp3) is 0.364. The van der Waals surface area contributed by atoms with Crippen molar-refractivity contribution in [2.45, 2.75) is 19.8 Å². The maximum absolute atomic E-state index is 10.7. The largest absolute Gasteiger partial charge is 0.369 e. The summed E-state index contributed by atoms with van der Waals surface area (Å²) >= 11 is 0. The van der Waals surface area contributed by atoms with Crippen LogP contribution in [0.4, 0.5) is 0 Å². The van der Waals surface area contributed by atoms with E-state index >= 15 is 0 Å². The first-order valence-corrected chi connectivity index (χ1v) is 4.53. The van der Waals surface area contributed by atoms with Crippen molar-refractivity contribution in [2.24, 2.45) is 11.7 Å². The van der Waals surface area contributed by atoms with E-state index in [0.717, 1.165) is 12.8 Å². The number of nitrogens with two attached hydrogens (primary N) is 1. The Morgan fingerprint density at radius 1 is 1.38 bits per heavy atom. The van der Waals surface area contributed by atoms with Crippen LogP contribution in [0.3, 0.4) is 0 Å². The molecule has 0 aliphatic heterocycles. The third-order valence-electron chi connectivity index (χ3n) is 2.19. The van der Waals surface area contributed by atoms with E-state index in [9.17, 15) is 4.79 Å². The number of benzene rings is 1. The zero-order valence-electron chi connectivity index (χ0n) is 7.86. The highest BCUT2D eigenvalue weighted by atomic mass is 16.1. The Labute approximate surface area is 78.8 Å². The fourth-order valence-electron chi connectivity index (χ4n) is 1.17. The van der Waals surface area contributed by atoms with Gasteiger partial charge < -0.3 is 5.73 Å². The average Bonchev–Trinajstić information content (AvgIpc) is 2.15. The smallest absolute Gasteiger partial charge is 0.220 e. The number of amides is 1. The van der Waals surface area contributed by atoms with Gasteiger partial charge in [-0.2, -0.15) is 0 Å². The highest BCUT2D eigenvalue weighted by molar-refractivity contribution is 5.76. The zero-order valence-corrected chi connectivity index (χ0v) is 7.86. The van der Waals surface area contributed by atoms with Crippen LogP contribution in [0.25, 0.3) is 0 Å². The van der Waals surface area contributed by atoms with Gasteiger partial charge in [0, 0.05) is 5.92 Å². The zero-order chi connectivity index (χ0) is 9.68. The molecule has 0 saturated carbocycles. The summed E-state index contributed by atoms with van der Waals surface area (Å²) < 4.78 is 0. The summed E-state index contributed by atoms with van der Waals surface area (Å²) in [5.74, 6) is -0.240. The summed E-state index contributed by atoms with van der Waals surface area (Å²) in [6.45, 7) is 1.87. The van der Waals surface area contributed by atoms with Gasteiger partial charge in [0.2, 0.25) is 5.91 Å². The number of hydrogen-bond donors (Lipinski definition) is 1. The Balaban J connectivity index is 2.39. The van der Waals surface area contributed by atoms with Gasteiger partial charge in [-0.15, -0.1) is 0 Å². The number of primary amides is 1. The van der Waals surface area contributed by atoms with Crippen LogP contribution in [-0.4, -0.2) is 5.91 Å². The Bertz CT molecular complexity index is 269. The van der Waals surface area contributed by atoms with Crippen LogP contribution in [-0.2, 0) is 11.2 Å². The molecule has 0 spiro atoms. The van der Waals surface area contributed by atoms with Crippen LogP contribution in [0.5, 0.6) is 0 Å². The van der Waals surface area contributed by atoms with Gasteiger partial charge >= 0.3 is 0 Å². The third kappa shape index (κ3) is 3.28. The molecule has 2 N–H and O–H groups in total. The molecule has 0 unspecified atom stereocenters. The van der Waals surface area contributed by atoms with Crippen molar-refractivity contribution in [1.29, 1.82) is 0 Å². The van der Waals surface area contributed by atoms with E-state index in [1.807, 2.05) is 25.1 Å². The van der Waals surface area contributed by atoms with Crippen molar-refractivity contribution >= 4 is 5.91 Å². The molecule has 0 fully saturated rings. The quantitative estimate of drug-likeness (QED) is 0.748. The Morgan fingerprint density at radius 3 is 2.54 bits per heavy atom. The van der Waals surface area contributed by atoms with Gasteiger partial charge in [-0.3, -0.25) is 4.79 Å². The van der Waals surface area contributed by atoms with Crippen molar-refractivity contribution in [3.8, 4) is 0 Å². The van der Waals surface area contributed by atoms with E-state index in [2.05, 4.69) is 12.1 Å². The molecule has 1 aromatic carbocycles. The van der Waals surface area contributed by atoms with Crippen LogP contribution < -0.4 is 5.73 Å². The van der Waals surface area contributed by atoms with E-state index in [4.69, 9.17) is 5.73 Å². The lowest BCUT2D eigenvalue weighted by Crippen LogP contribution is -2.20. The number of carbonyl (C=O) groups is 1. The molecule has 0 aromatic heterocycles. The summed E-state index contributed by atoms with van der Waals surface area (Å²) in [5, 5.41) is 0. The molecule has 2 heteroatoms. The second kappa shape index (κ2) is 4.65. The van der Waals surface area contributed by atoms with Gasteiger partial charge in [-0.05, 0) is 18.4 Å². The fourth-order valence-corrected chi connectivity index (χ4v) is 1.17. The van der Waals surface area contributed by atoms with E-state index in [0.29, 0.717) is 0 Å². The third-order valence-corrected chi connectivity index (χ3v) is 2.19. The predicted octanol–water partition coefficient (Wildman–Crippen LogP) is 1.74. The first-order valence-electron chi connectivity index (χ1n) is 4.53. The molecule has 0 saturated heterocycles.